The van der Waals surface area contributed by atoms with Crippen molar-refractivity contribution in [1.82, 2.24) is 4.72 Å². The minimum atomic E-state index is -3.66. The molecular weight excluding hydrogens is 256 g/mol. The zero-order chi connectivity index (χ0) is 13.8. The molecule has 1 aromatic rings. The second-order valence-corrected chi connectivity index (χ2v) is 5.58. The van der Waals surface area contributed by atoms with E-state index in [4.69, 9.17) is 11.6 Å². The molecule has 0 aliphatic heterocycles. The fourth-order valence-electron chi connectivity index (χ4n) is 1.41. The Hall–Kier alpha value is -1.64. The molecule has 0 saturated carbocycles. The van der Waals surface area contributed by atoms with Gasteiger partial charge >= 0.3 is 0 Å². The number of sulfonamides is 1. The summed E-state index contributed by atoms with van der Waals surface area (Å²) in [6.07, 6.45) is -0.0539. The van der Waals surface area contributed by atoms with Gasteiger partial charge in [-0.3, -0.25) is 10.6 Å². The molecule has 1 atom stereocenters. The summed E-state index contributed by atoms with van der Waals surface area (Å²) in [5.74, 6) is 4.62. The molecule has 18 heavy (non-hydrogen) atoms. The maximum atomic E-state index is 11.9. The monoisotopic (exact) mass is 272 g/mol. The highest BCUT2D eigenvalue weighted by molar-refractivity contribution is 7.89. The van der Waals surface area contributed by atoms with Crippen LogP contribution in [0.3, 0.4) is 0 Å². The van der Waals surface area contributed by atoms with Crippen molar-refractivity contribution in [2.24, 2.45) is 11.6 Å². The largest absolute Gasteiger partial charge is 0.370 e. The van der Waals surface area contributed by atoms with Crippen molar-refractivity contribution in [1.29, 1.82) is 0 Å². The minimum Gasteiger partial charge on any atom is -0.370 e. The minimum absolute atomic E-state index is 0.0539. The van der Waals surface area contributed by atoms with Crippen LogP contribution in [0.2, 0.25) is 0 Å². The Morgan fingerprint density at radius 1 is 1.33 bits per heavy atom. The van der Waals surface area contributed by atoms with Crippen molar-refractivity contribution < 1.29 is 13.2 Å². The summed E-state index contributed by atoms with van der Waals surface area (Å²) in [6.45, 7) is 1.57. The first kappa shape index (κ1) is 14.4. The van der Waals surface area contributed by atoms with Crippen LogP contribution in [0.5, 0.6) is 0 Å². The number of carbonyl (C=O) groups excluding carboxylic acids is 1. The molecule has 1 rings (SSSR count). The molecule has 0 spiro atoms. The van der Waals surface area contributed by atoms with Gasteiger partial charge < -0.3 is 11.2 Å². The van der Waals surface area contributed by atoms with Gasteiger partial charge in [0.2, 0.25) is 15.9 Å². The molecule has 0 saturated heterocycles. The SMILES string of the molecule is CC(CC(N)=O)NS(=O)(=O)c1ccc(NN)cc1. The van der Waals surface area contributed by atoms with Crippen LogP contribution < -0.4 is 21.7 Å². The normalized spacial score (nSPS) is 13.0. The van der Waals surface area contributed by atoms with Crippen LogP contribution in [0.15, 0.2) is 29.2 Å². The van der Waals surface area contributed by atoms with Gasteiger partial charge in [0.15, 0.2) is 0 Å². The number of hydrogen-bond donors (Lipinski definition) is 4. The van der Waals surface area contributed by atoms with Crippen LogP contribution in [-0.4, -0.2) is 20.4 Å². The van der Waals surface area contributed by atoms with E-state index in [1.54, 1.807) is 6.92 Å². The number of rotatable bonds is 6. The third-order valence-corrected chi connectivity index (χ3v) is 3.80. The molecule has 0 aromatic heterocycles. The van der Waals surface area contributed by atoms with Crippen molar-refractivity contribution in [3.05, 3.63) is 24.3 Å². The molecule has 1 aromatic carbocycles. The van der Waals surface area contributed by atoms with E-state index in [0.717, 1.165) is 0 Å². The van der Waals surface area contributed by atoms with Crippen molar-refractivity contribution in [3.8, 4) is 0 Å². The Balaban J connectivity index is 2.82. The molecule has 0 heterocycles. The number of anilines is 1. The van der Waals surface area contributed by atoms with E-state index < -0.39 is 22.0 Å². The first-order valence-corrected chi connectivity index (χ1v) is 6.71. The maximum Gasteiger partial charge on any atom is 0.240 e. The number of nitrogens with one attached hydrogen (secondary N) is 2. The maximum absolute atomic E-state index is 11.9. The van der Waals surface area contributed by atoms with Gasteiger partial charge in [-0.1, -0.05) is 0 Å². The Labute approximate surface area is 106 Å². The summed E-state index contributed by atoms with van der Waals surface area (Å²) < 4.78 is 26.2. The number of amides is 1. The van der Waals surface area contributed by atoms with E-state index in [0.29, 0.717) is 5.69 Å². The van der Waals surface area contributed by atoms with Crippen LogP contribution in [0.4, 0.5) is 5.69 Å². The number of hydrogen-bond acceptors (Lipinski definition) is 5. The molecule has 0 aliphatic rings. The van der Waals surface area contributed by atoms with Crippen molar-refractivity contribution in [3.63, 3.8) is 0 Å². The lowest BCUT2D eigenvalue weighted by molar-refractivity contribution is -0.118. The van der Waals surface area contributed by atoms with Crippen LogP contribution in [0.25, 0.3) is 0 Å². The molecule has 1 unspecified atom stereocenters. The van der Waals surface area contributed by atoms with E-state index in [9.17, 15) is 13.2 Å². The Bertz CT molecular complexity index is 512. The van der Waals surface area contributed by atoms with Crippen molar-refractivity contribution in [2.75, 3.05) is 5.43 Å². The number of nitrogen functional groups attached to an aromatic ring is 1. The van der Waals surface area contributed by atoms with E-state index in [1.807, 2.05) is 0 Å². The van der Waals surface area contributed by atoms with Gasteiger partial charge in [0.25, 0.3) is 0 Å². The Morgan fingerprint density at radius 2 is 1.89 bits per heavy atom. The molecule has 0 bridgehead atoms. The summed E-state index contributed by atoms with van der Waals surface area (Å²) in [5.41, 5.74) is 7.99. The molecule has 0 fully saturated rings. The average molecular weight is 272 g/mol. The second-order valence-electron chi connectivity index (χ2n) is 3.86. The predicted octanol–water partition coefficient (Wildman–Crippen LogP) is -0.486. The Kier molecular flexibility index (Phi) is 4.65. The summed E-state index contributed by atoms with van der Waals surface area (Å²) in [6, 6.07) is 5.34. The van der Waals surface area contributed by atoms with Gasteiger partial charge in [-0.25, -0.2) is 13.1 Å². The number of benzene rings is 1. The molecular formula is C10H16N4O3S. The quantitative estimate of drug-likeness (QED) is 0.410. The lowest BCUT2D eigenvalue weighted by Gasteiger charge is -2.12. The topological polar surface area (TPSA) is 127 Å². The highest BCUT2D eigenvalue weighted by atomic mass is 32.2. The first-order chi connectivity index (χ1) is 8.35. The smallest absolute Gasteiger partial charge is 0.240 e. The van der Waals surface area contributed by atoms with Crippen LogP contribution in [0, 0.1) is 0 Å². The summed E-state index contributed by atoms with van der Waals surface area (Å²) >= 11 is 0. The summed E-state index contributed by atoms with van der Waals surface area (Å²) in [5, 5.41) is 0. The molecule has 8 heteroatoms. The third-order valence-electron chi connectivity index (χ3n) is 2.19. The van der Waals surface area contributed by atoms with Gasteiger partial charge in [-0.05, 0) is 31.2 Å². The number of hydrazine groups is 1. The average Bonchev–Trinajstić information content (AvgIpc) is 2.27. The predicted molar refractivity (Wildman–Crippen MR) is 67.8 cm³/mol. The van der Waals surface area contributed by atoms with E-state index in [1.165, 1.54) is 24.3 Å². The highest BCUT2D eigenvalue weighted by Crippen LogP contribution is 2.13. The van der Waals surface area contributed by atoms with Crippen LogP contribution in [-0.2, 0) is 14.8 Å². The van der Waals surface area contributed by atoms with Gasteiger partial charge in [0.1, 0.15) is 0 Å². The molecule has 7 nitrogen and oxygen atoms in total. The Morgan fingerprint density at radius 3 is 2.33 bits per heavy atom. The van der Waals surface area contributed by atoms with Gasteiger partial charge in [-0.2, -0.15) is 0 Å². The zero-order valence-electron chi connectivity index (χ0n) is 9.88. The lowest BCUT2D eigenvalue weighted by Crippen LogP contribution is -2.35. The van der Waals surface area contributed by atoms with Crippen molar-refractivity contribution >= 4 is 21.6 Å². The molecule has 6 N–H and O–H groups in total. The van der Waals surface area contributed by atoms with Crippen LogP contribution in [0.1, 0.15) is 13.3 Å². The zero-order valence-corrected chi connectivity index (χ0v) is 10.7. The summed E-state index contributed by atoms with van der Waals surface area (Å²) in [7, 11) is -3.66. The fraction of sp³-hybridized carbons (Fsp3) is 0.300. The van der Waals surface area contributed by atoms with Gasteiger partial charge in [-0.15, -0.1) is 0 Å². The van der Waals surface area contributed by atoms with Gasteiger partial charge in [0.05, 0.1) is 4.90 Å². The van der Waals surface area contributed by atoms with Crippen molar-refractivity contribution in [2.45, 2.75) is 24.3 Å². The fourth-order valence-corrected chi connectivity index (χ4v) is 2.65. The molecule has 100 valence electrons. The molecule has 0 aliphatic carbocycles. The van der Waals surface area contributed by atoms with E-state index in [-0.39, 0.29) is 11.3 Å². The lowest BCUT2D eigenvalue weighted by atomic mass is 10.2. The van der Waals surface area contributed by atoms with E-state index in [2.05, 4.69) is 10.1 Å². The highest BCUT2D eigenvalue weighted by Gasteiger charge is 2.18. The van der Waals surface area contributed by atoms with Crippen LogP contribution >= 0.6 is 0 Å². The number of carbonyl (C=O) groups is 1. The molecule has 1 amide bonds. The standard InChI is InChI=1S/C10H16N4O3S/c1-7(6-10(11)15)14-18(16,17)9-4-2-8(13-12)3-5-9/h2-5,7,13-14H,6,12H2,1H3,(H2,11,15). The molecule has 0 radical (unpaired) electrons. The summed E-state index contributed by atoms with van der Waals surface area (Å²) in [4.78, 5) is 10.8. The number of primary amides is 1. The second kappa shape index (κ2) is 5.80. The van der Waals surface area contributed by atoms with E-state index >= 15 is 0 Å². The first-order valence-electron chi connectivity index (χ1n) is 5.22. The number of nitrogens with two attached hydrogens (primary N) is 2. The van der Waals surface area contributed by atoms with Gasteiger partial charge in [0, 0.05) is 18.2 Å². The third kappa shape index (κ3) is 3.99.